The van der Waals surface area contributed by atoms with Crippen LogP contribution < -0.4 is 10.6 Å². The van der Waals surface area contributed by atoms with Crippen molar-refractivity contribution in [1.82, 2.24) is 20.0 Å². The van der Waals surface area contributed by atoms with Gasteiger partial charge in [-0.15, -0.1) is 0 Å². The molecule has 3 rings (SSSR count). The number of aryl methyl sites for hydroxylation is 1. The second kappa shape index (κ2) is 7.36. The van der Waals surface area contributed by atoms with Crippen molar-refractivity contribution in [3.63, 3.8) is 0 Å². The van der Waals surface area contributed by atoms with Crippen molar-refractivity contribution in [1.29, 1.82) is 0 Å². The zero-order chi connectivity index (χ0) is 17.8. The van der Waals surface area contributed by atoms with E-state index in [9.17, 15) is 9.59 Å². The zero-order valence-electron chi connectivity index (χ0n) is 13.6. The van der Waals surface area contributed by atoms with E-state index in [4.69, 9.17) is 11.6 Å². The molecular weight excluding hydrogens is 340 g/mol. The van der Waals surface area contributed by atoms with Gasteiger partial charge in [-0.05, 0) is 30.7 Å². The summed E-state index contributed by atoms with van der Waals surface area (Å²) in [6.45, 7) is 2.04. The Morgan fingerprint density at radius 2 is 1.92 bits per heavy atom. The number of amides is 2. The van der Waals surface area contributed by atoms with Gasteiger partial charge in [-0.25, -0.2) is 4.98 Å². The number of halogens is 1. The predicted molar refractivity (Wildman–Crippen MR) is 95.6 cm³/mol. The van der Waals surface area contributed by atoms with Crippen molar-refractivity contribution in [3.8, 4) is 0 Å². The molecule has 0 unspecified atom stereocenters. The molecule has 0 aliphatic carbocycles. The second-order valence-corrected chi connectivity index (χ2v) is 6.06. The van der Waals surface area contributed by atoms with Gasteiger partial charge in [-0.2, -0.15) is 0 Å². The molecule has 0 saturated carbocycles. The van der Waals surface area contributed by atoms with Crippen LogP contribution in [0.15, 0.2) is 48.8 Å². The van der Waals surface area contributed by atoms with Crippen molar-refractivity contribution in [2.45, 2.75) is 13.5 Å². The summed E-state index contributed by atoms with van der Waals surface area (Å²) in [7, 11) is 0. The number of aromatic nitrogens is 2. The molecule has 0 bridgehead atoms. The highest BCUT2D eigenvalue weighted by molar-refractivity contribution is 6.30. The van der Waals surface area contributed by atoms with Crippen LogP contribution in [0.5, 0.6) is 0 Å². The minimum Gasteiger partial charge on any atom is -0.349 e. The van der Waals surface area contributed by atoms with Crippen molar-refractivity contribution in [2.75, 3.05) is 6.54 Å². The van der Waals surface area contributed by atoms with Crippen LogP contribution in [0.1, 0.15) is 21.6 Å². The fourth-order valence-corrected chi connectivity index (χ4v) is 2.61. The van der Waals surface area contributed by atoms with E-state index in [0.29, 0.717) is 16.3 Å². The highest BCUT2D eigenvalue weighted by Gasteiger charge is 2.10. The summed E-state index contributed by atoms with van der Waals surface area (Å²) in [5.41, 5.74) is 2.89. The van der Waals surface area contributed by atoms with Gasteiger partial charge in [-0.3, -0.25) is 9.59 Å². The number of rotatable bonds is 5. The molecule has 0 spiro atoms. The SMILES string of the molecule is Cc1ccccc1C(=O)NCC(=O)NCc1cn2cc(Cl)ccc2n1. The predicted octanol–water partition coefficient (Wildman–Crippen LogP) is 2.34. The van der Waals surface area contributed by atoms with Gasteiger partial charge in [0.15, 0.2) is 0 Å². The highest BCUT2D eigenvalue weighted by atomic mass is 35.5. The van der Waals surface area contributed by atoms with Crippen molar-refractivity contribution >= 4 is 29.1 Å². The summed E-state index contributed by atoms with van der Waals surface area (Å²) < 4.78 is 1.80. The van der Waals surface area contributed by atoms with E-state index in [1.165, 1.54) is 0 Å². The Kier molecular flexibility index (Phi) is 5.00. The third kappa shape index (κ3) is 4.16. The van der Waals surface area contributed by atoms with Crippen LogP contribution in [-0.4, -0.2) is 27.7 Å². The molecular formula is C18H17ClN4O2. The summed E-state index contributed by atoms with van der Waals surface area (Å²) >= 11 is 5.93. The average Bonchev–Trinajstić information content (AvgIpc) is 3.00. The van der Waals surface area contributed by atoms with Crippen LogP contribution >= 0.6 is 11.6 Å². The van der Waals surface area contributed by atoms with Crippen LogP contribution in [0.2, 0.25) is 5.02 Å². The third-order valence-electron chi connectivity index (χ3n) is 3.73. The number of hydrogen-bond donors (Lipinski definition) is 2. The van der Waals surface area contributed by atoms with Gasteiger partial charge in [0.05, 0.1) is 23.8 Å². The van der Waals surface area contributed by atoms with Gasteiger partial charge >= 0.3 is 0 Å². The van der Waals surface area contributed by atoms with E-state index < -0.39 is 0 Å². The molecule has 2 heterocycles. The summed E-state index contributed by atoms with van der Waals surface area (Å²) in [4.78, 5) is 28.4. The van der Waals surface area contributed by atoms with Gasteiger partial charge in [0.2, 0.25) is 5.91 Å². The molecule has 2 amide bonds. The first-order valence-electron chi connectivity index (χ1n) is 7.76. The fourth-order valence-electron chi connectivity index (χ4n) is 2.44. The first-order valence-corrected chi connectivity index (χ1v) is 8.14. The molecule has 0 aliphatic heterocycles. The van der Waals surface area contributed by atoms with Gasteiger partial charge in [0.25, 0.3) is 5.91 Å². The number of nitrogens with one attached hydrogen (secondary N) is 2. The molecule has 1 aromatic carbocycles. The number of carbonyl (C=O) groups is 2. The molecule has 0 radical (unpaired) electrons. The molecule has 128 valence electrons. The van der Waals surface area contributed by atoms with E-state index in [2.05, 4.69) is 15.6 Å². The third-order valence-corrected chi connectivity index (χ3v) is 3.95. The maximum atomic E-state index is 12.1. The molecule has 25 heavy (non-hydrogen) atoms. The number of pyridine rings is 1. The van der Waals surface area contributed by atoms with Crippen LogP contribution in [0.25, 0.3) is 5.65 Å². The first-order chi connectivity index (χ1) is 12.0. The van der Waals surface area contributed by atoms with Gasteiger partial charge in [0.1, 0.15) is 5.65 Å². The summed E-state index contributed by atoms with van der Waals surface area (Å²) in [6.07, 6.45) is 3.55. The Bertz CT molecular complexity index is 936. The van der Waals surface area contributed by atoms with Crippen LogP contribution in [-0.2, 0) is 11.3 Å². The topological polar surface area (TPSA) is 75.5 Å². The summed E-state index contributed by atoms with van der Waals surface area (Å²) in [5.74, 6) is -0.548. The summed E-state index contributed by atoms with van der Waals surface area (Å²) in [6, 6.07) is 10.8. The Morgan fingerprint density at radius 1 is 1.12 bits per heavy atom. The summed E-state index contributed by atoms with van der Waals surface area (Å²) in [5, 5.41) is 5.96. The lowest BCUT2D eigenvalue weighted by Crippen LogP contribution is -2.36. The molecule has 2 N–H and O–H groups in total. The van der Waals surface area contributed by atoms with E-state index >= 15 is 0 Å². The quantitative estimate of drug-likeness (QED) is 0.736. The molecule has 0 atom stereocenters. The number of fused-ring (bicyclic) bond motifs is 1. The highest BCUT2D eigenvalue weighted by Crippen LogP contribution is 2.11. The van der Waals surface area contributed by atoms with E-state index in [0.717, 1.165) is 11.2 Å². The Hall–Kier alpha value is -2.86. The monoisotopic (exact) mass is 356 g/mol. The maximum absolute atomic E-state index is 12.1. The minimum absolute atomic E-state index is 0.0909. The van der Waals surface area contributed by atoms with Crippen LogP contribution in [0, 0.1) is 6.92 Å². The maximum Gasteiger partial charge on any atom is 0.251 e. The molecule has 6 nitrogen and oxygen atoms in total. The lowest BCUT2D eigenvalue weighted by atomic mass is 10.1. The molecule has 2 aromatic heterocycles. The lowest BCUT2D eigenvalue weighted by molar-refractivity contribution is -0.120. The normalized spacial score (nSPS) is 10.6. The Balaban J connectivity index is 1.52. The van der Waals surface area contributed by atoms with E-state index in [1.54, 1.807) is 41.1 Å². The number of benzene rings is 1. The Morgan fingerprint density at radius 3 is 2.72 bits per heavy atom. The second-order valence-electron chi connectivity index (χ2n) is 5.62. The number of carbonyl (C=O) groups excluding carboxylic acids is 2. The molecule has 0 aliphatic rings. The lowest BCUT2D eigenvalue weighted by Gasteiger charge is -2.07. The van der Waals surface area contributed by atoms with Crippen molar-refractivity contribution < 1.29 is 9.59 Å². The molecule has 3 aromatic rings. The Labute approximate surface area is 149 Å². The fraction of sp³-hybridized carbons (Fsp3) is 0.167. The number of imidazole rings is 1. The van der Waals surface area contributed by atoms with E-state index in [1.807, 2.05) is 19.1 Å². The number of nitrogens with zero attached hydrogens (tertiary/aromatic N) is 2. The minimum atomic E-state index is -0.281. The van der Waals surface area contributed by atoms with Gasteiger partial charge in [0, 0.05) is 18.0 Å². The standard InChI is InChI=1S/C18H17ClN4O2/c1-12-4-2-3-5-15(12)18(25)21-9-17(24)20-8-14-11-23-10-13(19)6-7-16(23)22-14/h2-7,10-11H,8-9H2,1H3,(H,20,24)(H,21,25). The molecule has 0 fully saturated rings. The number of hydrogen-bond acceptors (Lipinski definition) is 3. The van der Waals surface area contributed by atoms with Gasteiger partial charge in [-0.1, -0.05) is 29.8 Å². The van der Waals surface area contributed by atoms with Crippen molar-refractivity contribution in [3.05, 3.63) is 70.6 Å². The van der Waals surface area contributed by atoms with Crippen LogP contribution in [0.4, 0.5) is 0 Å². The molecule has 7 heteroatoms. The van der Waals surface area contributed by atoms with Gasteiger partial charge < -0.3 is 15.0 Å². The van der Waals surface area contributed by atoms with Crippen molar-refractivity contribution in [2.24, 2.45) is 0 Å². The first kappa shape index (κ1) is 17.0. The molecule has 0 saturated heterocycles. The average molecular weight is 357 g/mol. The smallest absolute Gasteiger partial charge is 0.251 e. The van der Waals surface area contributed by atoms with E-state index in [-0.39, 0.29) is 24.9 Å². The zero-order valence-corrected chi connectivity index (χ0v) is 14.4. The largest absolute Gasteiger partial charge is 0.349 e. The van der Waals surface area contributed by atoms with Crippen LogP contribution in [0.3, 0.4) is 0 Å².